The highest BCUT2D eigenvalue weighted by molar-refractivity contribution is 6.06. The van der Waals surface area contributed by atoms with E-state index in [1.165, 1.54) is 7.11 Å². The number of methoxy groups -OCH3 is 1. The molecule has 120 valence electrons. The van der Waals surface area contributed by atoms with Gasteiger partial charge in [-0.15, -0.1) is 0 Å². The van der Waals surface area contributed by atoms with Crippen LogP contribution in [0.1, 0.15) is 29.3 Å². The molecule has 0 unspecified atom stereocenters. The number of hydrogen-bond donors (Lipinski definition) is 0. The van der Waals surface area contributed by atoms with Crippen LogP contribution in [0.3, 0.4) is 0 Å². The Labute approximate surface area is 136 Å². The van der Waals surface area contributed by atoms with E-state index in [1.54, 1.807) is 29.2 Å². The fourth-order valence-corrected chi connectivity index (χ4v) is 2.34. The highest BCUT2D eigenvalue weighted by Gasteiger charge is 2.16. The molecular weight excluding hydrogens is 290 g/mol. The molecule has 0 spiro atoms. The lowest BCUT2D eigenvalue weighted by Crippen LogP contribution is -2.31. The first-order valence-electron chi connectivity index (χ1n) is 7.68. The van der Waals surface area contributed by atoms with Gasteiger partial charge in [-0.25, -0.2) is 0 Å². The number of esters is 1. The van der Waals surface area contributed by atoms with Gasteiger partial charge in [-0.2, -0.15) is 0 Å². The maximum Gasteiger partial charge on any atom is 0.309 e. The van der Waals surface area contributed by atoms with Gasteiger partial charge in [0.15, 0.2) is 0 Å². The Morgan fingerprint density at radius 1 is 1.00 bits per heavy atom. The van der Waals surface area contributed by atoms with Gasteiger partial charge in [0.05, 0.1) is 13.5 Å². The van der Waals surface area contributed by atoms with Crippen LogP contribution in [0.25, 0.3) is 0 Å². The first-order valence-corrected chi connectivity index (χ1v) is 7.68. The van der Waals surface area contributed by atoms with Gasteiger partial charge in [0.1, 0.15) is 0 Å². The number of rotatable bonds is 6. The summed E-state index contributed by atoms with van der Waals surface area (Å²) in [7, 11) is 1.36. The van der Waals surface area contributed by atoms with Crippen LogP contribution in [0.4, 0.5) is 5.69 Å². The molecule has 0 aliphatic rings. The van der Waals surface area contributed by atoms with E-state index < -0.39 is 0 Å². The molecule has 4 nitrogen and oxygen atoms in total. The predicted octanol–water partition coefficient (Wildman–Crippen LogP) is 3.46. The summed E-state index contributed by atoms with van der Waals surface area (Å²) in [5.41, 5.74) is 2.32. The second-order valence-corrected chi connectivity index (χ2v) is 5.24. The average Bonchev–Trinajstić information content (AvgIpc) is 2.60. The van der Waals surface area contributed by atoms with Crippen molar-refractivity contribution in [2.45, 2.75) is 19.8 Å². The largest absolute Gasteiger partial charge is 0.469 e. The molecule has 0 aliphatic heterocycles. The molecule has 2 rings (SSSR count). The van der Waals surface area contributed by atoms with E-state index in [4.69, 9.17) is 0 Å². The van der Waals surface area contributed by atoms with Gasteiger partial charge in [0, 0.05) is 17.8 Å². The van der Waals surface area contributed by atoms with Crippen molar-refractivity contribution in [3.05, 3.63) is 65.7 Å². The van der Waals surface area contributed by atoms with Crippen LogP contribution >= 0.6 is 0 Å². The molecule has 1 amide bonds. The Balaban J connectivity index is 2.18. The molecule has 0 heterocycles. The van der Waals surface area contributed by atoms with Crippen molar-refractivity contribution < 1.29 is 14.3 Å². The average molecular weight is 311 g/mol. The summed E-state index contributed by atoms with van der Waals surface area (Å²) in [6.07, 6.45) is 1.09. The number of hydrogen-bond acceptors (Lipinski definition) is 3. The maximum absolute atomic E-state index is 12.8. The zero-order valence-electron chi connectivity index (χ0n) is 13.5. The number of ether oxygens (including phenoxy) is 1. The Hall–Kier alpha value is -2.62. The van der Waals surface area contributed by atoms with E-state index in [0.29, 0.717) is 12.1 Å². The fraction of sp³-hybridized carbons (Fsp3) is 0.263. The number of anilines is 1. The first kappa shape index (κ1) is 16.7. The van der Waals surface area contributed by atoms with Crippen molar-refractivity contribution in [3.63, 3.8) is 0 Å². The Bertz CT molecular complexity index is 650. The number of carbonyl (C=O) groups is 2. The third-order valence-electron chi connectivity index (χ3n) is 3.54. The third-order valence-corrected chi connectivity index (χ3v) is 3.54. The summed E-state index contributed by atoms with van der Waals surface area (Å²) in [6.45, 7) is 2.70. The molecule has 2 aromatic rings. The minimum atomic E-state index is -0.291. The van der Waals surface area contributed by atoms with Crippen molar-refractivity contribution >= 4 is 17.6 Å². The quantitative estimate of drug-likeness (QED) is 0.768. The minimum Gasteiger partial charge on any atom is -0.469 e. The van der Waals surface area contributed by atoms with Gasteiger partial charge in [-0.05, 0) is 36.2 Å². The molecule has 0 radical (unpaired) electrons. The lowest BCUT2D eigenvalue weighted by Gasteiger charge is -2.22. The molecule has 4 heteroatoms. The Morgan fingerprint density at radius 3 is 2.22 bits per heavy atom. The van der Waals surface area contributed by atoms with Gasteiger partial charge in [0.25, 0.3) is 5.91 Å². The van der Waals surface area contributed by atoms with Crippen LogP contribution in [0.15, 0.2) is 54.6 Å². The smallest absolute Gasteiger partial charge is 0.309 e. The summed E-state index contributed by atoms with van der Waals surface area (Å²) < 4.78 is 4.65. The number of para-hydroxylation sites is 1. The van der Waals surface area contributed by atoms with Crippen molar-refractivity contribution in [1.29, 1.82) is 0 Å². The number of carbonyl (C=O) groups excluding carboxylic acids is 2. The van der Waals surface area contributed by atoms with Crippen molar-refractivity contribution in [3.8, 4) is 0 Å². The van der Waals surface area contributed by atoms with Crippen LogP contribution in [0, 0.1) is 0 Å². The van der Waals surface area contributed by atoms with Gasteiger partial charge < -0.3 is 9.64 Å². The Morgan fingerprint density at radius 2 is 1.65 bits per heavy atom. The number of amides is 1. The summed E-state index contributed by atoms with van der Waals surface area (Å²) in [5, 5.41) is 0. The van der Waals surface area contributed by atoms with Crippen LogP contribution in [0.5, 0.6) is 0 Å². The van der Waals surface area contributed by atoms with E-state index >= 15 is 0 Å². The van der Waals surface area contributed by atoms with Gasteiger partial charge >= 0.3 is 5.97 Å². The van der Waals surface area contributed by atoms with Crippen molar-refractivity contribution in [2.75, 3.05) is 18.6 Å². The zero-order valence-corrected chi connectivity index (χ0v) is 13.5. The molecule has 0 saturated carbocycles. The van der Waals surface area contributed by atoms with Crippen LogP contribution in [0.2, 0.25) is 0 Å². The van der Waals surface area contributed by atoms with Crippen molar-refractivity contribution in [2.24, 2.45) is 0 Å². The molecule has 23 heavy (non-hydrogen) atoms. The van der Waals surface area contributed by atoms with Crippen LogP contribution in [-0.4, -0.2) is 25.5 Å². The second-order valence-electron chi connectivity index (χ2n) is 5.24. The molecule has 0 fully saturated rings. The van der Waals surface area contributed by atoms with E-state index in [1.807, 2.05) is 37.3 Å². The molecule has 0 aliphatic carbocycles. The topological polar surface area (TPSA) is 46.6 Å². The highest BCUT2D eigenvalue weighted by atomic mass is 16.5. The second kappa shape index (κ2) is 8.13. The van der Waals surface area contributed by atoms with Gasteiger partial charge in [0.2, 0.25) is 0 Å². The molecular formula is C19H21NO3. The first-order chi connectivity index (χ1) is 11.2. The van der Waals surface area contributed by atoms with Gasteiger partial charge in [-0.1, -0.05) is 37.3 Å². The summed E-state index contributed by atoms with van der Waals surface area (Å²) in [6, 6.07) is 16.7. The van der Waals surface area contributed by atoms with Crippen LogP contribution in [-0.2, 0) is 16.0 Å². The zero-order chi connectivity index (χ0) is 16.7. The summed E-state index contributed by atoms with van der Waals surface area (Å²) in [4.78, 5) is 25.8. The monoisotopic (exact) mass is 311 g/mol. The lowest BCUT2D eigenvalue weighted by molar-refractivity contribution is -0.139. The van der Waals surface area contributed by atoms with Gasteiger partial charge in [-0.3, -0.25) is 9.59 Å². The Kier molecular flexibility index (Phi) is 5.92. The van der Waals surface area contributed by atoms with Crippen molar-refractivity contribution in [1.82, 2.24) is 0 Å². The van der Waals surface area contributed by atoms with Crippen LogP contribution < -0.4 is 4.90 Å². The molecule has 0 N–H and O–H groups in total. The molecule has 0 atom stereocenters. The molecule has 0 saturated heterocycles. The summed E-state index contributed by atoms with van der Waals surface area (Å²) >= 11 is 0. The molecule has 0 aromatic heterocycles. The fourth-order valence-electron chi connectivity index (χ4n) is 2.34. The number of benzene rings is 2. The van der Waals surface area contributed by atoms with E-state index in [2.05, 4.69) is 4.74 Å². The minimum absolute atomic E-state index is 0.0392. The van der Waals surface area contributed by atoms with E-state index in [0.717, 1.165) is 17.7 Å². The highest BCUT2D eigenvalue weighted by Crippen LogP contribution is 2.18. The van der Waals surface area contributed by atoms with E-state index in [9.17, 15) is 9.59 Å². The number of nitrogens with zero attached hydrogens (tertiary/aromatic N) is 1. The predicted molar refractivity (Wildman–Crippen MR) is 90.6 cm³/mol. The lowest BCUT2D eigenvalue weighted by atomic mass is 10.1. The molecule has 2 aromatic carbocycles. The summed E-state index contributed by atoms with van der Waals surface area (Å²) in [5.74, 6) is -0.330. The standard InChI is InChI=1S/C19H21NO3/c1-3-13-20(17-7-5-4-6-8-17)19(22)16-11-9-15(10-12-16)14-18(21)23-2/h4-12H,3,13-14H2,1-2H3. The van der Waals surface area contributed by atoms with E-state index in [-0.39, 0.29) is 18.3 Å². The SMILES string of the molecule is CCCN(C(=O)c1ccc(CC(=O)OC)cc1)c1ccccc1. The normalized spacial score (nSPS) is 10.2. The molecule has 0 bridgehead atoms. The third kappa shape index (κ3) is 4.42. The maximum atomic E-state index is 12.8.